The average molecular weight is 372 g/mol. The molecule has 24 heavy (non-hydrogen) atoms. The molecule has 3 aromatic carbocycles. The van der Waals surface area contributed by atoms with Crippen molar-refractivity contribution in [1.82, 2.24) is 4.98 Å². The molecule has 1 aromatic heterocycles. The van der Waals surface area contributed by atoms with Gasteiger partial charge in [0.15, 0.2) is 0 Å². The van der Waals surface area contributed by atoms with Crippen molar-refractivity contribution in [1.29, 1.82) is 0 Å². The molecule has 0 saturated heterocycles. The normalized spacial score (nSPS) is 10.5. The number of benzene rings is 3. The van der Waals surface area contributed by atoms with Crippen LogP contribution in [0.25, 0.3) is 10.9 Å². The van der Waals surface area contributed by atoms with E-state index in [2.05, 4.69) is 89.9 Å². The molecule has 0 aliphatic carbocycles. The average Bonchev–Trinajstić information content (AvgIpc) is 2.64. The Labute approximate surface area is 153 Å². The number of nitrogens with zero attached hydrogens (tertiary/aromatic N) is 1. The van der Waals surface area contributed by atoms with E-state index in [1.165, 1.54) is 21.3 Å². The van der Waals surface area contributed by atoms with Gasteiger partial charge in [-0.1, -0.05) is 84.9 Å². The largest absolute Gasteiger partial charge is 0.256 e. The van der Waals surface area contributed by atoms with Gasteiger partial charge in [-0.2, -0.15) is 0 Å². The van der Waals surface area contributed by atoms with E-state index in [9.17, 15) is 0 Å². The van der Waals surface area contributed by atoms with E-state index < -0.39 is 7.92 Å². The van der Waals surface area contributed by atoms with Crippen LogP contribution in [0.15, 0.2) is 97.2 Å². The van der Waals surface area contributed by atoms with Gasteiger partial charge in [0, 0.05) is 33.4 Å². The van der Waals surface area contributed by atoms with Crippen LogP contribution >= 0.6 is 7.92 Å². The van der Waals surface area contributed by atoms with Gasteiger partial charge in [0.2, 0.25) is 0 Å². The third-order valence-electron chi connectivity index (χ3n) is 3.88. The predicted molar refractivity (Wildman–Crippen MR) is 100 cm³/mol. The van der Waals surface area contributed by atoms with Crippen molar-refractivity contribution in [2.24, 2.45) is 0 Å². The molecule has 0 fully saturated rings. The number of hydrogen-bond acceptors (Lipinski definition) is 1. The molecule has 3 heteroatoms. The maximum Gasteiger partial charge on any atom is 0.0785 e. The molecule has 0 spiro atoms. The van der Waals surface area contributed by atoms with Crippen LogP contribution in [0.1, 0.15) is 0 Å². The Balaban J connectivity index is 0.00000169. The first-order valence-electron chi connectivity index (χ1n) is 7.67. The molecule has 4 aromatic rings. The molecule has 0 saturated carbocycles. The van der Waals surface area contributed by atoms with Crippen molar-refractivity contribution in [2.75, 3.05) is 0 Å². The quantitative estimate of drug-likeness (QED) is 0.392. The maximum atomic E-state index is 4.67. The number of hydrogen-bond donors (Lipinski definition) is 0. The fraction of sp³-hybridized carbons (Fsp3) is 0. The second-order valence-corrected chi connectivity index (χ2v) is 7.54. The number of rotatable bonds is 3. The van der Waals surface area contributed by atoms with E-state index in [0.29, 0.717) is 0 Å². The molecular weight excluding hydrogens is 356 g/mol. The number of pyridine rings is 1. The van der Waals surface area contributed by atoms with Gasteiger partial charge in [-0.15, -0.1) is 0 Å². The second-order valence-electron chi connectivity index (χ2n) is 5.36. The van der Waals surface area contributed by atoms with E-state index in [1.807, 2.05) is 12.3 Å². The molecule has 0 unspecified atom stereocenters. The fourth-order valence-electron chi connectivity index (χ4n) is 2.85. The summed E-state index contributed by atoms with van der Waals surface area (Å²) in [7, 11) is -0.608. The molecule has 1 heterocycles. The molecule has 0 amide bonds. The Morgan fingerprint density at radius 3 is 1.79 bits per heavy atom. The van der Waals surface area contributed by atoms with E-state index in [0.717, 1.165) is 5.52 Å². The minimum atomic E-state index is -0.608. The molecule has 0 N–H and O–H groups in total. The van der Waals surface area contributed by atoms with Crippen LogP contribution in [0.2, 0.25) is 0 Å². The summed E-state index contributed by atoms with van der Waals surface area (Å²) in [6.45, 7) is 0. The minimum Gasteiger partial charge on any atom is -0.256 e. The Kier molecular flexibility index (Phi) is 5.41. The van der Waals surface area contributed by atoms with Gasteiger partial charge >= 0.3 is 0 Å². The molecule has 0 bridgehead atoms. The Hall–Kier alpha value is -2.01. The van der Waals surface area contributed by atoms with Crippen molar-refractivity contribution in [3.8, 4) is 0 Å². The molecule has 4 rings (SSSR count). The molecule has 0 radical (unpaired) electrons. The van der Waals surface area contributed by atoms with E-state index in [-0.39, 0.29) is 16.5 Å². The van der Waals surface area contributed by atoms with E-state index in [1.54, 1.807) is 0 Å². The number of para-hydroxylation sites is 1. The zero-order valence-electron chi connectivity index (χ0n) is 12.9. The third kappa shape index (κ3) is 3.27. The van der Waals surface area contributed by atoms with Crippen LogP contribution in [0.4, 0.5) is 0 Å². The smallest absolute Gasteiger partial charge is 0.0785 e. The Morgan fingerprint density at radius 2 is 1.17 bits per heavy atom. The fourth-order valence-corrected chi connectivity index (χ4v) is 5.28. The van der Waals surface area contributed by atoms with Crippen LogP contribution in [0, 0.1) is 0 Å². The van der Waals surface area contributed by atoms with Crippen LogP contribution < -0.4 is 15.9 Å². The first-order chi connectivity index (χ1) is 11.4. The topological polar surface area (TPSA) is 12.9 Å². The molecule has 0 atom stereocenters. The van der Waals surface area contributed by atoms with Crippen molar-refractivity contribution < 1.29 is 16.5 Å². The SMILES string of the molecule is [Ni].c1ccc(P(c2ccccc2)c2cccc3cccnc23)cc1. The number of aromatic nitrogens is 1. The zero-order valence-corrected chi connectivity index (χ0v) is 14.8. The predicted octanol–water partition coefficient (Wildman–Crippen LogP) is 3.99. The third-order valence-corrected chi connectivity index (χ3v) is 6.35. The summed E-state index contributed by atoms with van der Waals surface area (Å²) in [5, 5.41) is 5.22. The van der Waals surface area contributed by atoms with Crippen molar-refractivity contribution >= 4 is 34.7 Å². The van der Waals surface area contributed by atoms with Gasteiger partial charge in [-0.25, -0.2) is 0 Å². The van der Waals surface area contributed by atoms with E-state index in [4.69, 9.17) is 0 Å². The van der Waals surface area contributed by atoms with Crippen LogP contribution in [0.5, 0.6) is 0 Å². The second kappa shape index (κ2) is 7.71. The Morgan fingerprint density at radius 1 is 0.583 bits per heavy atom. The molecule has 120 valence electrons. The van der Waals surface area contributed by atoms with Gasteiger partial charge < -0.3 is 0 Å². The van der Waals surface area contributed by atoms with Crippen molar-refractivity contribution in [3.63, 3.8) is 0 Å². The van der Waals surface area contributed by atoms with Crippen LogP contribution in [-0.4, -0.2) is 4.98 Å². The molecule has 0 aliphatic rings. The van der Waals surface area contributed by atoms with Crippen LogP contribution in [-0.2, 0) is 16.5 Å². The summed E-state index contributed by atoms with van der Waals surface area (Å²) in [5.74, 6) is 0. The molecule has 1 nitrogen and oxygen atoms in total. The van der Waals surface area contributed by atoms with Crippen molar-refractivity contribution in [3.05, 3.63) is 97.2 Å². The Bertz CT molecular complexity index is 881. The van der Waals surface area contributed by atoms with Gasteiger partial charge in [0.05, 0.1) is 5.52 Å². The van der Waals surface area contributed by atoms with Gasteiger partial charge in [-0.05, 0) is 24.6 Å². The summed E-state index contributed by atoms with van der Waals surface area (Å²) in [4.78, 5) is 4.67. The van der Waals surface area contributed by atoms with Gasteiger partial charge in [-0.3, -0.25) is 4.98 Å². The summed E-state index contributed by atoms with van der Waals surface area (Å²) < 4.78 is 0. The molecular formula is C21H16NNiP. The van der Waals surface area contributed by atoms with Crippen molar-refractivity contribution in [2.45, 2.75) is 0 Å². The summed E-state index contributed by atoms with van der Waals surface area (Å²) in [6.07, 6.45) is 1.88. The summed E-state index contributed by atoms with van der Waals surface area (Å²) in [5.41, 5.74) is 1.11. The first kappa shape index (κ1) is 16.8. The van der Waals surface area contributed by atoms with Gasteiger partial charge in [0.1, 0.15) is 0 Å². The van der Waals surface area contributed by atoms with E-state index >= 15 is 0 Å². The summed E-state index contributed by atoms with van der Waals surface area (Å²) >= 11 is 0. The molecule has 0 aliphatic heterocycles. The van der Waals surface area contributed by atoms with Crippen LogP contribution in [0.3, 0.4) is 0 Å². The number of fused-ring (bicyclic) bond motifs is 1. The van der Waals surface area contributed by atoms with Gasteiger partial charge in [0.25, 0.3) is 0 Å². The standard InChI is InChI=1S/C21H16NP.Ni/c1-3-11-18(12-4-1)23(19-13-5-2-6-14-19)20-15-7-9-17-10-8-16-22-21(17)20;/h1-16H;. The maximum absolute atomic E-state index is 4.67. The zero-order chi connectivity index (χ0) is 15.5. The monoisotopic (exact) mass is 371 g/mol. The minimum absolute atomic E-state index is 0. The summed E-state index contributed by atoms with van der Waals surface area (Å²) in [6, 6.07) is 32.1. The first-order valence-corrected chi connectivity index (χ1v) is 9.01.